The monoisotopic (exact) mass is 253 g/mol. The van der Waals surface area contributed by atoms with E-state index in [4.69, 9.17) is 16.7 Å². The van der Waals surface area contributed by atoms with Gasteiger partial charge in [0.1, 0.15) is 4.88 Å². The van der Waals surface area contributed by atoms with Crippen LogP contribution in [0.25, 0.3) is 11.3 Å². The van der Waals surface area contributed by atoms with Gasteiger partial charge in [-0.2, -0.15) is 0 Å². The van der Waals surface area contributed by atoms with Gasteiger partial charge in [0, 0.05) is 10.6 Å². The lowest BCUT2D eigenvalue weighted by Gasteiger charge is -1.99. The maximum Gasteiger partial charge on any atom is 0.348 e. The molecule has 2 rings (SSSR count). The Morgan fingerprint density at radius 3 is 2.88 bits per heavy atom. The van der Waals surface area contributed by atoms with Crippen LogP contribution in [0, 0.1) is 6.92 Å². The largest absolute Gasteiger partial charge is 0.477 e. The van der Waals surface area contributed by atoms with Gasteiger partial charge in [0.2, 0.25) is 0 Å². The van der Waals surface area contributed by atoms with Gasteiger partial charge in [-0.05, 0) is 19.1 Å². The molecule has 0 saturated carbocycles. The van der Waals surface area contributed by atoms with Gasteiger partial charge >= 0.3 is 5.97 Å². The number of rotatable bonds is 2. The van der Waals surface area contributed by atoms with Crippen molar-refractivity contribution in [2.45, 2.75) is 6.92 Å². The molecule has 0 aliphatic carbocycles. The van der Waals surface area contributed by atoms with Crippen LogP contribution in [-0.2, 0) is 0 Å². The number of aryl methyl sites for hydroxylation is 1. The van der Waals surface area contributed by atoms with Crippen LogP contribution >= 0.6 is 22.9 Å². The number of aromatic carboxylic acids is 1. The van der Waals surface area contributed by atoms with Crippen LogP contribution in [-0.4, -0.2) is 16.1 Å². The summed E-state index contributed by atoms with van der Waals surface area (Å²) in [4.78, 5) is 15.5. The van der Waals surface area contributed by atoms with Gasteiger partial charge in [0.25, 0.3) is 0 Å². The minimum Gasteiger partial charge on any atom is -0.477 e. The second-order valence-electron chi connectivity index (χ2n) is 3.23. The third-order valence-electron chi connectivity index (χ3n) is 2.03. The number of carbonyl (C=O) groups is 1. The lowest BCUT2D eigenvalue weighted by molar-refractivity contribution is 0.0702. The van der Waals surface area contributed by atoms with E-state index in [-0.39, 0.29) is 4.88 Å². The van der Waals surface area contributed by atoms with Gasteiger partial charge in [-0.25, -0.2) is 9.78 Å². The smallest absolute Gasteiger partial charge is 0.348 e. The first kappa shape index (κ1) is 11.1. The number of carboxylic acids is 1. The number of nitrogens with zero attached hydrogens (tertiary/aromatic N) is 1. The first-order chi connectivity index (χ1) is 7.58. The van der Waals surface area contributed by atoms with E-state index >= 15 is 0 Å². The van der Waals surface area contributed by atoms with Crippen LogP contribution in [0.4, 0.5) is 0 Å². The molecule has 0 unspecified atom stereocenters. The third-order valence-corrected chi connectivity index (χ3v) is 3.22. The van der Waals surface area contributed by atoms with E-state index in [0.717, 1.165) is 10.6 Å². The standard InChI is InChI=1S/C11H8ClNO2S/c1-6-13-9(10(16-6)11(14)15)7-3-2-4-8(12)5-7/h2-5H,1H3,(H,14,15). The molecule has 82 valence electrons. The molecule has 0 atom stereocenters. The zero-order valence-corrected chi connectivity index (χ0v) is 9.97. The number of thiazole rings is 1. The summed E-state index contributed by atoms with van der Waals surface area (Å²) in [6.07, 6.45) is 0. The van der Waals surface area contributed by atoms with Gasteiger partial charge in [-0.1, -0.05) is 23.7 Å². The molecule has 0 radical (unpaired) electrons. The summed E-state index contributed by atoms with van der Waals surface area (Å²) in [5.41, 5.74) is 1.21. The topological polar surface area (TPSA) is 50.2 Å². The molecule has 1 N–H and O–H groups in total. The minimum atomic E-state index is -0.958. The van der Waals surface area contributed by atoms with Crippen LogP contribution in [0.1, 0.15) is 14.7 Å². The lowest BCUT2D eigenvalue weighted by Crippen LogP contribution is -1.95. The van der Waals surface area contributed by atoms with E-state index in [2.05, 4.69) is 4.98 Å². The van der Waals surface area contributed by atoms with Crippen molar-refractivity contribution in [3.63, 3.8) is 0 Å². The van der Waals surface area contributed by atoms with Crippen molar-refractivity contribution in [3.8, 4) is 11.3 Å². The predicted octanol–water partition coefficient (Wildman–Crippen LogP) is 3.47. The van der Waals surface area contributed by atoms with Crippen molar-refractivity contribution in [3.05, 3.63) is 39.2 Å². The molecule has 5 heteroatoms. The van der Waals surface area contributed by atoms with Crippen LogP contribution in [0.5, 0.6) is 0 Å². The lowest BCUT2D eigenvalue weighted by atomic mass is 10.1. The fraction of sp³-hybridized carbons (Fsp3) is 0.0909. The number of hydrogen-bond donors (Lipinski definition) is 1. The molecule has 0 bridgehead atoms. The van der Waals surface area contributed by atoms with Crippen LogP contribution in [0.3, 0.4) is 0 Å². The van der Waals surface area contributed by atoms with Gasteiger partial charge < -0.3 is 5.11 Å². The van der Waals surface area contributed by atoms with E-state index in [0.29, 0.717) is 10.7 Å². The summed E-state index contributed by atoms with van der Waals surface area (Å²) < 4.78 is 0. The molecule has 0 spiro atoms. The molecule has 1 aromatic heterocycles. The molecule has 0 saturated heterocycles. The zero-order valence-electron chi connectivity index (χ0n) is 8.40. The molecule has 0 aliphatic rings. The molecule has 3 nitrogen and oxygen atoms in total. The quantitative estimate of drug-likeness (QED) is 0.892. The Bertz CT molecular complexity index is 551. The highest BCUT2D eigenvalue weighted by Gasteiger charge is 2.17. The number of halogens is 1. The molecule has 1 heterocycles. The van der Waals surface area contributed by atoms with E-state index in [1.54, 1.807) is 31.2 Å². The third kappa shape index (κ3) is 2.08. The van der Waals surface area contributed by atoms with Crippen molar-refractivity contribution >= 4 is 28.9 Å². The summed E-state index contributed by atoms with van der Waals surface area (Å²) >= 11 is 7.03. The average molecular weight is 254 g/mol. The molecule has 2 aromatic rings. The summed E-state index contributed by atoms with van der Waals surface area (Å²) in [7, 11) is 0. The van der Waals surface area contributed by atoms with Gasteiger partial charge in [0.15, 0.2) is 0 Å². The molecule has 0 aliphatic heterocycles. The molecular weight excluding hydrogens is 246 g/mol. The summed E-state index contributed by atoms with van der Waals surface area (Å²) in [5.74, 6) is -0.958. The Morgan fingerprint density at radius 1 is 1.50 bits per heavy atom. The molecular formula is C11H8ClNO2S. The Morgan fingerprint density at radius 2 is 2.25 bits per heavy atom. The maximum absolute atomic E-state index is 11.0. The Hall–Kier alpha value is -1.39. The van der Waals surface area contributed by atoms with Crippen molar-refractivity contribution in [2.75, 3.05) is 0 Å². The predicted molar refractivity (Wildman–Crippen MR) is 64.3 cm³/mol. The van der Waals surface area contributed by atoms with Crippen LogP contribution in [0.2, 0.25) is 5.02 Å². The van der Waals surface area contributed by atoms with Crippen molar-refractivity contribution < 1.29 is 9.90 Å². The van der Waals surface area contributed by atoms with E-state index in [9.17, 15) is 4.79 Å². The fourth-order valence-electron chi connectivity index (χ4n) is 1.40. The van der Waals surface area contributed by atoms with Crippen molar-refractivity contribution in [1.29, 1.82) is 0 Å². The average Bonchev–Trinajstić information content (AvgIpc) is 2.60. The summed E-state index contributed by atoms with van der Waals surface area (Å²) in [6, 6.07) is 7.03. The highest BCUT2D eigenvalue weighted by Crippen LogP contribution is 2.29. The Kier molecular flexibility index (Phi) is 2.94. The molecule has 1 aromatic carbocycles. The Balaban J connectivity index is 2.59. The van der Waals surface area contributed by atoms with Gasteiger partial charge in [0.05, 0.1) is 10.7 Å². The van der Waals surface area contributed by atoms with E-state index in [1.165, 1.54) is 11.3 Å². The second-order valence-corrected chi connectivity index (χ2v) is 4.87. The van der Waals surface area contributed by atoms with Crippen LogP contribution in [0.15, 0.2) is 24.3 Å². The minimum absolute atomic E-state index is 0.250. The highest BCUT2D eigenvalue weighted by atomic mass is 35.5. The first-order valence-corrected chi connectivity index (χ1v) is 5.74. The number of carboxylic acid groups (broad SMARTS) is 1. The highest BCUT2D eigenvalue weighted by molar-refractivity contribution is 7.14. The SMILES string of the molecule is Cc1nc(-c2cccc(Cl)c2)c(C(=O)O)s1. The second kappa shape index (κ2) is 4.23. The number of benzene rings is 1. The van der Waals surface area contributed by atoms with Gasteiger partial charge in [-0.3, -0.25) is 0 Å². The number of hydrogen-bond acceptors (Lipinski definition) is 3. The van der Waals surface area contributed by atoms with Gasteiger partial charge in [-0.15, -0.1) is 11.3 Å². The molecule has 16 heavy (non-hydrogen) atoms. The van der Waals surface area contributed by atoms with E-state index in [1.807, 2.05) is 0 Å². The molecule has 0 amide bonds. The van der Waals surface area contributed by atoms with Crippen LogP contribution < -0.4 is 0 Å². The molecule has 0 fully saturated rings. The fourth-order valence-corrected chi connectivity index (χ4v) is 2.37. The number of aromatic nitrogens is 1. The Labute approximate surface area is 101 Å². The van der Waals surface area contributed by atoms with Crippen molar-refractivity contribution in [1.82, 2.24) is 4.98 Å². The first-order valence-electron chi connectivity index (χ1n) is 4.54. The summed E-state index contributed by atoms with van der Waals surface area (Å²) in [5, 5.41) is 10.3. The normalized spacial score (nSPS) is 10.4. The van der Waals surface area contributed by atoms with E-state index < -0.39 is 5.97 Å². The summed E-state index contributed by atoms with van der Waals surface area (Å²) in [6.45, 7) is 1.78. The zero-order chi connectivity index (χ0) is 11.7. The maximum atomic E-state index is 11.0. The van der Waals surface area contributed by atoms with Crippen molar-refractivity contribution in [2.24, 2.45) is 0 Å².